The minimum Gasteiger partial charge on any atom is -0.467 e. The van der Waals surface area contributed by atoms with E-state index in [-0.39, 0.29) is 19.1 Å². The Balaban J connectivity index is 3.08. The summed E-state index contributed by atoms with van der Waals surface area (Å²) in [4.78, 5) is 11.7. The van der Waals surface area contributed by atoms with Crippen molar-refractivity contribution in [3.05, 3.63) is 22.2 Å². The zero-order chi connectivity index (χ0) is 14.3. The van der Waals surface area contributed by atoms with E-state index in [1.165, 1.54) is 27.4 Å². The first-order chi connectivity index (χ1) is 9.13. The first-order valence-electron chi connectivity index (χ1n) is 5.29. The van der Waals surface area contributed by atoms with Crippen molar-refractivity contribution in [3.8, 4) is 11.5 Å². The highest BCUT2D eigenvalue weighted by atomic mass is 79.9. The van der Waals surface area contributed by atoms with Gasteiger partial charge in [0.1, 0.15) is 17.1 Å². The molecular weight excluding hydrogens is 320 g/mol. The second-order valence-electron chi connectivity index (χ2n) is 3.37. The SMILES string of the molecule is COCOc1cc(C(=O)OC)c(OCOC)cc1Br. The van der Waals surface area contributed by atoms with Crippen molar-refractivity contribution in [2.75, 3.05) is 34.9 Å². The highest BCUT2D eigenvalue weighted by molar-refractivity contribution is 9.10. The monoisotopic (exact) mass is 334 g/mol. The van der Waals surface area contributed by atoms with Gasteiger partial charge in [0.2, 0.25) is 0 Å². The molecule has 0 aromatic heterocycles. The number of rotatable bonds is 7. The third kappa shape index (κ3) is 4.38. The fourth-order valence-electron chi connectivity index (χ4n) is 1.28. The molecule has 1 aromatic rings. The summed E-state index contributed by atoms with van der Waals surface area (Å²) < 4.78 is 25.6. The Kier molecular flexibility index (Phi) is 6.61. The smallest absolute Gasteiger partial charge is 0.341 e. The Labute approximate surface area is 119 Å². The van der Waals surface area contributed by atoms with Crippen LogP contribution in [0.2, 0.25) is 0 Å². The Morgan fingerprint density at radius 1 is 1.05 bits per heavy atom. The summed E-state index contributed by atoms with van der Waals surface area (Å²) in [7, 11) is 4.29. The van der Waals surface area contributed by atoms with Gasteiger partial charge in [-0.3, -0.25) is 0 Å². The molecule has 0 atom stereocenters. The summed E-state index contributed by atoms with van der Waals surface area (Å²) in [5.41, 5.74) is 0.244. The van der Waals surface area contributed by atoms with Crippen LogP contribution in [0.1, 0.15) is 10.4 Å². The van der Waals surface area contributed by atoms with E-state index in [1.807, 2.05) is 0 Å². The quantitative estimate of drug-likeness (QED) is 0.562. The predicted octanol–water partition coefficient (Wildman–Crippen LogP) is 2.20. The van der Waals surface area contributed by atoms with Crippen LogP contribution >= 0.6 is 15.9 Å². The van der Waals surface area contributed by atoms with E-state index < -0.39 is 5.97 Å². The average Bonchev–Trinajstić information content (AvgIpc) is 2.43. The average molecular weight is 335 g/mol. The summed E-state index contributed by atoms with van der Waals surface area (Å²) in [6, 6.07) is 3.12. The fourth-order valence-corrected chi connectivity index (χ4v) is 1.72. The summed E-state index contributed by atoms with van der Waals surface area (Å²) in [6.45, 7) is 0.0895. The predicted molar refractivity (Wildman–Crippen MR) is 70.5 cm³/mol. The number of methoxy groups -OCH3 is 3. The normalized spacial score (nSPS) is 10.1. The van der Waals surface area contributed by atoms with Crippen LogP contribution in [0, 0.1) is 0 Å². The van der Waals surface area contributed by atoms with Gasteiger partial charge in [-0.25, -0.2) is 4.79 Å². The molecule has 0 radical (unpaired) electrons. The number of hydrogen-bond donors (Lipinski definition) is 0. The minimum absolute atomic E-state index is 0.0225. The Morgan fingerprint density at radius 3 is 2.16 bits per heavy atom. The highest BCUT2D eigenvalue weighted by Crippen LogP contribution is 2.33. The van der Waals surface area contributed by atoms with Crippen LogP contribution < -0.4 is 9.47 Å². The molecule has 7 heteroatoms. The highest BCUT2D eigenvalue weighted by Gasteiger charge is 2.17. The Bertz CT molecular complexity index is 434. The number of esters is 1. The maximum Gasteiger partial charge on any atom is 0.341 e. The molecule has 0 heterocycles. The third-order valence-electron chi connectivity index (χ3n) is 2.10. The van der Waals surface area contributed by atoms with E-state index >= 15 is 0 Å². The van der Waals surface area contributed by atoms with Gasteiger partial charge in [-0.05, 0) is 28.1 Å². The largest absolute Gasteiger partial charge is 0.467 e. The van der Waals surface area contributed by atoms with Gasteiger partial charge >= 0.3 is 5.97 Å². The maximum absolute atomic E-state index is 11.7. The van der Waals surface area contributed by atoms with Gasteiger partial charge in [-0.2, -0.15) is 0 Å². The summed E-state index contributed by atoms with van der Waals surface area (Å²) in [5.74, 6) is 0.262. The number of halogens is 1. The molecule has 0 amide bonds. The molecule has 0 bridgehead atoms. The molecule has 0 N–H and O–H groups in total. The van der Waals surface area contributed by atoms with Crippen molar-refractivity contribution in [1.29, 1.82) is 0 Å². The molecule has 0 saturated heterocycles. The van der Waals surface area contributed by atoms with E-state index in [1.54, 1.807) is 6.07 Å². The van der Waals surface area contributed by atoms with Gasteiger partial charge < -0.3 is 23.7 Å². The summed E-state index contributed by atoms with van der Waals surface area (Å²) in [6.07, 6.45) is 0. The fraction of sp³-hybridized carbons (Fsp3) is 0.417. The van der Waals surface area contributed by atoms with Crippen LogP contribution in [-0.2, 0) is 14.2 Å². The first kappa shape index (κ1) is 15.7. The van der Waals surface area contributed by atoms with E-state index in [9.17, 15) is 4.79 Å². The lowest BCUT2D eigenvalue weighted by molar-refractivity contribution is 0.0441. The topological polar surface area (TPSA) is 63.2 Å². The third-order valence-corrected chi connectivity index (χ3v) is 2.72. The van der Waals surface area contributed by atoms with Gasteiger partial charge in [0.25, 0.3) is 0 Å². The second-order valence-corrected chi connectivity index (χ2v) is 4.23. The first-order valence-corrected chi connectivity index (χ1v) is 6.08. The lowest BCUT2D eigenvalue weighted by Crippen LogP contribution is -2.09. The molecule has 0 spiro atoms. The Morgan fingerprint density at radius 2 is 1.63 bits per heavy atom. The zero-order valence-electron chi connectivity index (χ0n) is 10.9. The van der Waals surface area contributed by atoms with E-state index in [0.717, 1.165) is 0 Å². The molecule has 0 aliphatic carbocycles. The molecule has 0 aliphatic heterocycles. The number of hydrogen-bond acceptors (Lipinski definition) is 6. The van der Waals surface area contributed by atoms with E-state index in [2.05, 4.69) is 15.9 Å². The van der Waals surface area contributed by atoms with Crippen molar-refractivity contribution in [2.45, 2.75) is 0 Å². The second kappa shape index (κ2) is 7.98. The van der Waals surface area contributed by atoms with Crippen molar-refractivity contribution in [1.82, 2.24) is 0 Å². The van der Waals surface area contributed by atoms with E-state index in [0.29, 0.717) is 16.0 Å². The van der Waals surface area contributed by atoms with Crippen LogP contribution in [0.25, 0.3) is 0 Å². The maximum atomic E-state index is 11.7. The molecule has 106 valence electrons. The van der Waals surface area contributed by atoms with Gasteiger partial charge in [0.05, 0.1) is 11.6 Å². The van der Waals surface area contributed by atoms with Crippen LogP contribution in [0.3, 0.4) is 0 Å². The lowest BCUT2D eigenvalue weighted by atomic mass is 10.2. The molecule has 1 rings (SSSR count). The van der Waals surface area contributed by atoms with Crippen molar-refractivity contribution in [2.24, 2.45) is 0 Å². The number of benzene rings is 1. The zero-order valence-corrected chi connectivity index (χ0v) is 12.5. The van der Waals surface area contributed by atoms with E-state index in [4.69, 9.17) is 23.7 Å². The number of ether oxygens (including phenoxy) is 5. The summed E-state index contributed by atoms with van der Waals surface area (Å²) >= 11 is 3.32. The van der Waals surface area contributed by atoms with Crippen molar-refractivity contribution >= 4 is 21.9 Å². The number of carbonyl (C=O) groups excluding carboxylic acids is 1. The molecule has 0 fully saturated rings. The van der Waals surface area contributed by atoms with Gasteiger partial charge in [-0.1, -0.05) is 0 Å². The molecule has 19 heavy (non-hydrogen) atoms. The Hall–Kier alpha value is -1.31. The van der Waals surface area contributed by atoms with Crippen molar-refractivity contribution < 1.29 is 28.5 Å². The van der Waals surface area contributed by atoms with Crippen LogP contribution in [0.5, 0.6) is 11.5 Å². The molecule has 0 unspecified atom stereocenters. The van der Waals surface area contributed by atoms with Crippen molar-refractivity contribution in [3.63, 3.8) is 0 Å². The van der Waals surface area contributed by atoms with Gasteiger partial charge in [-0.15, -0.1) is 0 Å². The van der Waals surface area contributed by atoms with Crippen LogP contribution in [0.15, 0.2) is 16.6 Å². The van der Waals surface area contributed by atoms with Gasteiger partial charge in [0.15, 0.2) is 13.6 Å². The van der Waals surface area contributed by atoms with Gasteiger partial charge in [0, 0.05) is 14.2 Å². The molecule has 1 aromatic carbocycles. The lowest BCUT2D eigenvalue weighted by Gasteiger charge is -2.13. The minimum atomic E-state index is -0.527. The van der Waals surface area contributed by atoms with Crippen LogP contribution in [-0.4, -0.2) is 40.9 Å². The molecule has 0 aliphatic rings. The van der Waals surface area contributed by atoms with Crippen LogP contribution in [0.4, 0.5) is 0 Å². The molecule has 0 saturated carbocycles. The summed E-state index contributed by atoms with van der Waals surface area (Å²) in [5, 5.41) is 0. The molecule has 6 nitrogen and oxygen atoms in total. The molecular formula is C12H15BrO6. The standard InChI is InChI=1S/C12H15BrO6/c1-15-6-18-10-5-9(13)11(19-7-16-2)4-8(10)12(14)17-3/h4-5H,6-7H2,1-3H3. The number of carbonyl (C=O) groups is 1.